The summed E-state index contributed by atoms with van der Waals surface area (Å²) in [6.07, 6.45) is 3.29. The minimum atomic E-state index is -0.822. The molecular weight excluding hydrogens is 435 g/mol. The van der Waals surface area contributed by atoms with Crippen LogP contribution in [-0.4, -0.2) is 68.3 Å². The van der Waals surface area contributed by atoms with Gasteiger partial charge >= 0.3 is 0 Å². The van der Waals surface area contributed by atoms with Crippen molar-refractivity contribution in [1.82, 2.24) is 9.80 Å². The molecule has 2 aromatic carbocycles. The van der Waals surface area contributed by atoms with E-state index in [1.165, 1.54) is 17.7 Å². The second kappa shape index (κ2) is 11.3. The molecule has 6 nitrogen and oxygen atoms in total. The number of carbonyl (C=O) groups is 1. The van der Waals surface area contributed by atoms with Gasteiger partial charge in [0.05, 0.1) is 19.8 Å². The molecule has 0 unspecified atom stereocenters. The molecule has 0 radical (unpaired) electrons. The summed E-state index contributed by atoms with van der Waals surface area (Å²) >= 11 is 0. The van der Waals surface area contributed by atoms with Crippen molar-refractivity contribution < 1.29 is 23.4 Å². The molecule has 2 aliphatic heterocycles. The number of benzene rings is 2. The van der Waals surface area contributed by atoms with Gasteiger partial charge in [0, 0.05) is 37.9 Å². The van der Waals surface area contributed by atoms with Crippen molar-refractivity contribution in [2.45, 2.75) is 44.5 Å². The molecule has 0 atom stereocenters. The van der Waals surface area contributed by atoms with E-state index in [9.17, 15) is 9.18 Å². The molecule has 7 heteroatoms. The van der Waals surface area contributed by atoms with Crippen molar-refractivity contribution >= 4 is 5.91 Å². The van der Waals surface area contributed by atoms with Gasteiger partial charge in [0.25, 0.3) is 0 Å². The quantitative estimate of drug-likeness (QED) is 0.552. The van der Waals surface area contributed by atoms with Gasteiger partial charge in [0.15, 0.2) is 5.79 Å². The summed E-state index contributed by atoms with van der Waals surface area (Å²) in [4.78, 5) is 16.8. The molecule has 0 saturated carbocycles. The topological polar surface area (TPSA) is 51.2 Å². The number of hydrogen-bond donors (Lipinski definition) is 0. The van der Waals surface area contributed by atoms with Crippen molar-refractivity contribution in [3.05, 3.63) is 65.5 Å². The van der Waals surface area contributed by atoms with E-state index in [0.717, 1.165) is 50.2 Å². The van der Waals surface area contributed by atoms with Crippen molar-refractivity contribution in [1.29, 1.82) is 0 Å². The average Bonchev–Trinajstić information content (AvgIpc) is 3.31. The monoisotopic (exact) mass is 470 g/mol. The van der Waals surface area contributed by atoms with Crippen LogP contribution in [0.25, 0.3) is 0 Å². The van der Waals surface area contributed by atoms with Gasteiger partial charge in [-0.1, -0.05) is 29.8 Å². The van der Waals surface area contributed by atoms with Crippen LogP contribution in [0.5, 0.6) is 5.75 Å². The molecule has 0 bridgehead atoms. The van der Waals surface area contributed by atoms with Crippen LogP contribution in [-0.2, 0) is 20.1 Å². The van der Waals surface area contributed by atoms with E-state index in [0.29, 0.717) is 26.2 Å². The Morgan fingerprint density at radius 1 is 1.09 bits per heavy atom. The number of aryl methyl sites for hydroxylation is 1. The first-order valence-corrected chi connectivity index (χ1v) is 12.2. The predicted octanol–water partition coefficient (Wildman–Crippen LogP) is 4.12. The Hall–Kier alpha value is -2.48. The highest BCUT2D eigenvalue weighted by molar-refractivity contribution is 5.78. The first-order chi connectivity index (χ1) is 16.4. The van der Waals surface area contributed by atoms with E-state index in [4.69, 9.17) is 14.2 Å². The maximum Gasteiger partial charge on any atom is 0.236 e. The smallest absolute Gasteiger partial charge is 0.236 e. The van der Waals surface area contributed by atoms with Crippen LogP contribution >= 0.6 is 0 Å². The zero-order valence-electron chi connectivity index (χ0n) is 20.2. The van der Waals surface area contributed by atoms with Crippen LogP contribution in [0.2, 0.25) is 0 Å². The van der Waals surface area contributed by atoms with Crippen molar-refractivity contribution in [3.8, 4) is 5.75 Å². The molecule has 4 rings (SSSR count). The van der Waals surface area contributed by atoms with Gasteiger partial charge in [0.2, 0.25) is 5.91 Å². The normalized spacial score (nSPS) is 18.4. The summed E-state index contributed by atoms with van der Waals surface area (Å²) in [6, 6.07) is 14.4. The highest BCUT2D eigenvalue weighted by Gasteiger charge is 2.38. The standard InChI is InChI=1S/C27H35FN2O4/c1-21-4-10-24(11-5-21)34-25-12-16-30(17-13-25)26(31)20-29(2)15-3-14-27(32-18-19-33-27)22-6-8-23(28)9-7-22/h4-11,25H,3,12-20H2,1-2H3. The lowest BCUT2D eigenvalue weighted by molar-refractivity contribution is -0.172. The summed E-state index contributed by atoms with van der Waals surface area (Å²) in [7, 11) is 1.96. The molecule has 184 valence electrons. The fourth-order valence-corrected chi connectivity index (χ4v) is 4.64. The Kier molecular flexibility index (Phi) is 8.19. The van der Waals surface area contributed by atoms with E-state index in [-0.39, 0.29) is 17.8 Å². The first kappa shape index (κ1) is 24.6. The fourth-order valence-electron chi connectivity index (χ4n) is 4.64. The lowest BCUT2D eigenvalue weighted by atomic mass is 10.0. The number of halogens is 1. The Morgan fingerprint density at radius 2 is 1.74 bits per heavy atom. The number of carbonyl (C=O) groups excluding carboxylic acids is 1. The van der Waals surface area contributed by atoms with Crippen LogP contribution < -0.4 is 4.74 Å². The molecule has 2 saturated heterocycles. The number of rotatable bonds is 9. The largest absolute Gasteiger partial charge is 0.490 e. The van der Waals surface area contributed by atoms with Gasteiger partial charge in [-0.2, -0.15) is 0 Å². The lowest BCUT2D eigenvalue weighted by Gasteiger charge is -2.33. The molecular formula is C27H35FN2O4. The maximum atomic E-state index is 13.3. The summed E-state index contributed by atoms with van der Waals surface area (Å²) in [5.41, 5.74) is 2.05. The van der Waals surface area contributed by atoms with Gasteiger partial charge in [-0.05, 0) is 51.2 Å². The van der Waals surface area contributed by atoms with Crippen LogP contribution in [0.4, 0.5) is 4.39 Å². The van der Waals surface area contributed by atoms with Gasteiger partial charge in [-0.25, -0.2) is 4.39 Å². The van der Waals surface area contributed by atoms with E-state index in [2.05, 4.69) is 19.1 Å². The van der Waals surface area contributed by atoms with Gasteiger partial charge in [0.1, 0.15) is 17.7 Å². The molecule has 2 heterocycles. The number of amides is 1. The summed E-state index contributed by atoms with van der Waals surface area (Å²) < 4.78 is 31.3. The number of piperidine rings is 1. The van der Waals surface area contributed by atoms with Crippen molar-refractivity contribution in [3.63, 3.8) is 0 Å². The molecule has 2 aromatic rings. The molecule has 0 N–H and O–H groups in total. The Labute approximate surface area is 201 Å². The van der Waals surface area contributed by atoms with Crippen molar-refractivity contribution in [2.75, 3.05) is 46.4 Å². The van der Waals surface area contributed by atoms with Crippen LogP contribution in [0.15, 0.2) is 48.5 Å². The fraction of sp³-hybridized carbons (Fsp3) is 0.519. The molecule has 1 amide bonds. The Bertz CT molecular complexity index is 921. The zero-order chi connectivity index (χ0) is 24.0. The molecule has 0 aliphatic carbocycles. The number of nitrogens with zero attached hydrogens (tertiary/aromatic N) is 2. The van der Waals surface area contributed by atoms with E-state index >= 15 is 0 Å². The SMILES string of the molecule is Cc1ccc(OC2CCN(C(=O)CN(C)CCCC3(c4ccc(F)cc4)OCCO3)CC2)cc1. The molecule has 2 aliphatic rings. The van der Waals surface area contributed by atoms with Crippen LogP contribution in [0.3, 0.4) is 0 Å². The molecule has 0 spiro atoms. The second-order valence-corrected chi connectivity index (χ2v) is 9.31. The van der Waals surface area contributed by atoms with Gasteiger partial charge in [-0.15, -0.1) is 0 Å². The minimum Gasteiger partial charge on any atom is -0.490 e. The third-order valence-electron chi connectivity index (χ3n) is 6.61. The van der Waals surface area contributed by atoms with E-state index in [1.807, 2.05) is 29.0 Å². The Morgan fingerprint density at radius 3 is 2.38 bits per heavy atom. The number of likely N-dealkylation sites (N-methyl/N-ethyl adjacent to an activating group) is 1. The predicted molar refractivity (Wildman–Crippen MR) is 128 cm³/mol. The molecule has 0 aromatic heterocycles. The lowest BCUT2D eigenvalue weighted by Crippen LogP contribution is -2.45. The third kappa shape index (κ3) is 6.34. The number of hydrogen-bond acceptors (Lipinski definition) is 5. The summed E-state index contributed by atoms with van der Waals surface area (Å²) in [5.74, 6) is -0.0553. The summed E-state index contributed by atoms with van der Waals surface area (Å²) in [6.45, 7) is 5.68. The average molecular weight is 471 g/mol. The zero-order valence-corrected chi connectivity index (χ0v) is 20.2. The Balaban J connectivity index is 1.19. The summed E-state index contributed by atoms with van der Waals surface area (Å²) in [5, 5.41) is 0. The highest BCUT2D eigenvalue weighted by Crippen LogP contribution is 2.36. The minimum absolute atomic E-state index is 0.151. The molecule has 2 fully saturated rings. The van der Waals surface area contributed by atoms with Crippen LogP contribution in [0.1, 0.15) is 36.8 Å². The maximum absolute atomic E-state index is 13.3. The van der Waals surface area contributed by atoms with Crippen LogP contribution in [0, 0.1) is 12.7 Å². The molecule has 34 heavy (non-hydrogen) atoms. The van der Waals surface area contributed by atoms with E-state index in [1.54, 1.807) is 12.1 Å². The third-order valence-corrected chi connectivity index (χ3v) is 6.61. The number of ether oxygens (including phenoxy) is 3. The van der Waals surface area contributed by atoms with E-state index < -0.39 is 5.79 Å². The second-order valence-electron chi connectivity index (χ2n) is 9.31. The van der Waals surface area contributed by atoms with Gasteiger partial charge < -0.3 is 19.1 Å². The first-order valence-electron chi connectivity index (χ1n) is 12.2. The highest BCUT2D eigenvalue weighted by atomic mass is 19.1. The van der Waals surface area contributed by atoms with Gasteiger partial charge in [-0.3, -0.25) is 9.69 Å². The number of likely N-dealkylation sites (tertiary alicyclic amines) is 1. The van der Waals surface area contributed by atoms with Crippen molar-refractivity contribution in [2.24, 2.45) is 0 Å².